The normalized spacial score (nSPS) is 12.7. The SMILES string of the molecule is CCCCCC(=O)Oc1ccc(C=C2C(=O)c3ccccc3C2=O)cc1OC. The van der Waals surface area contributed by atoms with Gasteiger partial charge in [-0.15, -0.1) is 0 Å². The average Bonchev–Trinajstić information content (AvgIpc) is 2.94. The standard InChI is InChI=1S/C23H22O5/c1-3-4-5-10-21(24)28-19-12-11-15(14-20(19)27-2)13-18-22(25)16-8-6-7-9-17(16)23(18)26/h6-9,11-14H,3-5,10H2,1-2H3. The van der Waals surface area contributed by atoms with E-state index in [4.69, 9.17) is 9.47 Å². The van der Waals surface area contributed by atoms with Gasteiger partial charge in [-0.1, -0.05) is 50.1 Å². The summed E-state index contributed by atoms with van der Waals surface area (Å²) in [6.45, 7) is 2.07. The molecule has 0 radical (unpaired) electrons. The van der Waals surface area contributed by atoms with Crippen molar-refractivity contribution >= 4 is 23.6 Å². The summed E-state index contributed by atoms with van der Waals surface area (Å²) in [6, 6.07) is 11.7. The Morgan fingerprint density at radius 3 is 2.25 bits per heavy atom. The fourth-order valence-electron chi connectivity index (χ4n) is 3.12. The molecule has 0 atom stereocenters. The number of Topliss-reactive ketones (excluding diaryl/α,β-unsaturated/α-hetero) is 2. The van der Waals surface area contributed by atoms with Gasteiger partial charge in [-0.2, -0.15) is 0 Å². The number of rotatable bonds is 7. The maximum absolute atomic E-state index is 12.5. The fourth-order valence-corrected chi connectivity index (χ4v) is 3.12. The predicted octanol–water partition coefficient (Wildman–Crippen LogP) is 4.64. The molecule has 0 aliphatic heterocycles. The summed E-state index contributed by atoms with van der Waals surface area (Å²) >= 11 is 0. The van der Waals surface area contributed by atoms with Crippen LogP contribution in [0.3, 0.4) is 0 Å². The molecule has 0 fully saturated rings. The number of carbonyl (C=O) groups excluding carboxylic acids is 3. The fraction of sp³-hybridized carbons (Fsp3) is 0.261. The minimum atomic E-state index is -0.311. The first-order valence-electron chi connectivity index (χ1n) is 9.34. The van der Waals surface area contributed by atoms with Gasteiger partial charge in [0.15, 0.2) is 23.1 Å². The van der Waals surface area contributed by atoms with Crippen molar-refractivity contribution in [1.29, 1.82) is 0 Å². The lowest BCUT2D eigenvalue weighted by Crippen LogP contribution is -2.08. The van der Waals surface area contributed by atoms with Crippen molar-refractivity contribution in [2.75, 3.05) is 7.11 Å². The van der Waals surface area contributed by atoms with Gasteiger partial charge in [-0.3, -0.25) is 14.4 Å². The van der Waals surface area contributed by atoms with Crippen LogP contribution in [0.15, 0.2) is 48.0 Å². The van der Waals surface area contributed by atoms with Gasteiger partial charge in [-0.25, -0.2) is 0 Å². The van der Waals surface area contributed by atoms with E-state index >= 15 is 0 Å². The van der Waals surface area contributed by atoms with Crippen molar-refractivity contribution in [3.05, 3.63) is 64.7 Å². The molecule has 2 aromatic carbocycles. The summed E-state index contributed by atoms with van der Waals surface area (Å²) in [5.74, 6) is -0.196. The predicted molar refractivity (Wildman–Crippen MR) is 106 cm³/mol. The highest BCUT2D eigenvalue weighted by Gasteiger charge is 2.32. The molecule has 0 unspecified atom stereocenters. The third-order valence-electron chi connectivity index (χ3n) is 4.61. The average molecular weight is 378 g/mol. The van der Waals surface area contributed by atoms with Gasteiger partial charge in [0.05, 0.1) is 12.7 Å². The second kappa shape index (κ2) is 8.65. The molecule has 2 aromatic rings. The first-order chi connectivity index (χ1) is 13.5. The molecule has 0 saturated carbocycles. The Morgan fingerprint density at radius 1 is 0.964 bits per heavy atom. The van der Waals surface area contributed by atoms with Crippen LogP contribution in [0.2, 0.25) is 0 Å². The van der Waals surface area contributed by atoms with Crippen LogP contribution in [0.1, 0.15) is 58.9 Å². The van der Waals surface area contributed by atoms with E-state index in [1.807, 2.05) is 0 Å². The van der Waals surface area contributed by atoms with Crippen LogP contribution in [-0.4, -0.2) is 24.6 Å². The number of fused-ring (bicyclic) bond motifs is 1. The number of ketones is 2. The van der Waals surface area contributed by atoms with Gasteiger partial charge in [0.2, 0.25) is 0 Å². The molecule has 1 aliphatic carbocycles. The number of carbonyl (C=O) groups is 3. The van der Waals surface area contributed by atoms with Gasteiger partial charge >= 0.3 is 5.97 Å². The van der Waals surface area contributed by atoms with Crippen LogP contribution >= 0.6 is 0 Å². The maximum atomic E-state index is 12.5. The molecule has 5 nitrogen and oxygen atoms in total. The van der Waals surface area contributed by atoms with Crippen molar-refractivity contribution in [3.8, 4) is 11.5 Å². The Kier molecular flexibility index (Phi) is 6.04. The van der Waals surface area contributed by atoms with Gasteiger partial charge in [-0.05, 0) is 30.2 Å². The van der Waals surface area contributed by atoms with Crippen LogP contribution in [0, 0.1) is 0 Å². The largest absolute Gasteiger partial charge is 0.493 e. The molecule has 5 heteroatoms. The number of esters is 1. The zero-order valence-corrected chi connectivity index (χ0v) is 16.0. The van der Waals surface area contributed by atoms with E-state index in [9.17, 15) is 14.4 Å². The van der Waals surface area contributed by atoms with Crippen molar-refractivity contribution in [2.45, 2.75) is 32.6 Å². The molecular formula is C23H22O5. The van der Waals surface area contributed by atoms with Crippen molar-refractivity contribution < 1.29 is 23.9 Å². The highest BCUT2D eigenvalue weighted by Crippen LogP contribution is 2.32. The number of allylic oxidation sites excluding steroid dienone is 1. The second-order valence-corrected chi connectivity index (χ2v) is 6.60. The molecule has 1 aliphatic rings. The Hall–Kier alpha value is -3.21. The number of hydrogen-bond donors (Lipinski definition) is 0. The topological polar surface area (TPSA) is 69.7 Å². The molecular weight excluding hydrogens is 356 g/mol. The van der Waals surface area contributed by atoms with E-state index in [0.29, 0.717) is 34.6 Å². The molecule has 0 aromatic heterocycles. The summed E-state index contributed by atoms with van der Waals surface area (Å²) in [6.07, 6.45) is 4.68. The summed E-state index contributed by atoms with van der Waals surface area (Å²) in [5, 5.41) is 0. The van der Waals surface area contributed by atoms with E-state index in [0.717, 1.165) is 19.3 Å². The Morgan fingerprint density at radius 2 is 1.64 bits per heavy atom. The van der Waals surface area contributed by atoms with E-state index in [2.05, 4.69) is 6.92 Å². The quantitative estimate of drug-likeness (QED) is 0.231. The van der Waals surface area contributed by atoms with Crippen LogP contribution in [0.4, 0.5) is 0 Å². The minimum Gasteiger partial charge on any atom is -0.493 e. The maximum Gasteiger partial charge on any atom is 0.311 e. The molecule has 0 bridgehead atoms. The molecule has 0 saturated heterocycles. The van der Waals surface area contributed by atoms with E-state index in [-0.39, 0.29) is 23.1 Å². The summed E-state index contributed by atoms with van der Waals surface area (Å²) in [4.78, 5) is 37.0. The van der Waals surface area contributed by atoms with E-state index in [1.54, 1.807) is 48.5 Å². The van der Waals surface area contributed by atoms with Crippen LogP contribution in [0.25, 0.3) is 6.08 Å². The monoisotopic (exact) mass is 378 g/mol. The Bertz CT molecular complexity index is 918. The van der Waals surface area contributed by atoms with Gasteiger partial charge in [0.1, 0.15) is 0 Å². The van der Waals surface area contributed by atoms with Crippen LogP contribution < -0.4 is 9.47 Å². The Labute approximate surface area is 164 Å². The highest BCUT2D eigenvalue weighted by molar-refractivity contribution is 6.41. The lowest BCUT2D eigenvalue weighted by molar-refractivity contribution is -0.134. The Balaban J connectivity index is 1.81. The number of methoxy groups -OCH3 is 1. The smallest absolute Gasteiger partial charge is 0.311 e. The highest BCUT2D eigenvalue weighted by atomic mass is 16.6. The van der Waals surface area contributed by atoms with Crippen molar-refractivity contribution in [1.82, 2.24) is 0 Å². The van der Waals surface area contributed by atoms with E-state index in [1.165, 1.54) is 7.11 Å². The summed E-state index contributed by atoms with van der Waals surface area (Å²) < 4.78 is 10.7. The summed E-state index contributed by atoms with van der Waals surface area (Å²) in [5.41, 5.74) is 1.58. The molecule has 0 heterocycles. The lowest BCUT2D eigenvalue weighted by atomic mass is 10.1. The van der Waals surface area contributed by atoms with Crippen LogP contribution in [0.5, 0.6) is 11.5 Å². The molecule has 0 N–H and O–H groups in total. The van der Waals surface area contributed by atoms with Crippen molar-refractivity contribution in [3.63, 3.8) is 0 Å². The number of benzene rings is 2. The van der Waals surface area contributed by atoms with Crippen LogP contribution in [-0.2, 0) is 4.79 Å². The molecule has 144 valence electrons. The minimum absolute atomic E-state index is 0.118. The van der Waals surface area contributed by atoms with Gasteiger partial charge in [0.25, 0.3) is 0 Å². The molecule has 0 amide bonds. The van der Waals surface area contributed by atoms with Gasteiger partial charge < -0.3 is 9.47 Å². The third kappa shape index (κ3) is 4.03. The molecule has 0 spiro atoms. The first-order valence-corrected chi connectivity index (χ1v) is 9.34. The lowest BCUT2D eigenvalue weighted by Gasteiger charge is -2.10. The molecule has 3 rings (SSSR count). The van der Waals surface area contributed by atoms with Gasteiger partial charge in [0, 0.05) is 17.5 Å². The number of unbranched alkanes of at least 4 members (excludes halogenated alkanes) is 2. The van der Waals surface area contributed by atoms with E-state index < -0.39 is 0 Å². The zero-order valence-electron chi connectivity index (χ0n) is 16.0. The second-order valence-electron chi connectivity index (χ2n) is 6.60. The molecule has 28 heavy (non-hydrogen) atoms. The number of hydrogen-bond acceptors (Lipinski definition) is 5. The number of ether oxygens (including phenoxy) is 2. The first kappa shape index (κ1) is 19.5. The van der Waals surface area contributed by atoms with Crippen molar-refractivity contribution in [2.24, 2.45) is 0 Å². The summed E-state index contributed by atoms with van der Waals surface area (Å²) in [7, 11) is 1.47. The third-order valence-corrected chi connectivity index (χ3v) is 4.61. The zero-order chi connectivity index (χ0) is 20.1.